The minimum atomic E-state index is 0.0529. The van der Waals surface area contributed by atoms with E-state index in [0.717, 1.165) is 6.42 Å². The maximum atomic E-state index is 12.1. The van der Waals surface area contributed by atoms with Crippen molar-refractivity contribution in [1.82, 2.24) is 15.5 Å². The Hall–Kier alpha value is -2.21. The molecule has 0 saturated heterocycles. The Bertz CT molecular complexity index is 627. The molecule has 1 N–H and O–H groups in total. The summed E-state index contributed by atoms with van der Waals surface area (Å²) in [5.41, 5.74) is 1.23. The third kappa shape index (κ3) is 3.51. The van der Waals surface area contributed by atoms with Crippen molar-refractivity contribution in [2.24, 2.45) is 5.92 Å². The number of nitrogens with zero attached hydrogens (tertiary/aromatic N) is 2. The molecule has 1 aliphatic carbocycles. The molecule has 2 aromatic rings. The van der Waals surface area contributed by atoms with Gasteiger partial charge < -0.3 is 14.6 Å². The Morgan fingerprint density at radius 2 is 2.23 bits per heavy atom. The van der Waals surface area contributed by atoms with Crippen molar-refractivity contribution in [1.29, 1.82) is 0 Å². The topological polar surface area (TPSA) is 77.2 Å². The number of benzene rings is 1. The monoisotopic (exact) mass is 301 g/mol. The smallest absolute Gasteiger partial charge is 0.229 e. The summed E-state index contributed by atoms with van der Waals surface area (Å²) in [5, 5.41) is 6.72. The van der Waals surface area contributed by atoms with E-state index in [1.807, 2.05) is 18.2 Å². The summed E-state index contributed by atoms with van der Waals surface area (Å²) in [4.78, 5) is 16.3. The Morgan fingerprint density at radius 1 is 1.41 bits per heavy atom. The fourth-order valence-electron chi connectivity index (χ4n) is 2.50. The van der Waals surface area contributed by atoms with Gasteiger partial charge in [-0.2, -0.15) is 4.98 Å². The van der Waals surface area contributed by atoms with Crippen LogP contribution in [0.5, 0.6) is 0 Å². The van der Waals surface area contributed by atoms with Gasteiger partial charge in [0.15, 0.2) is 5.82 Å². The van der Waals surface area contributed by atoms with E-state index in [9.17, 15) is 4.79 Å². The van der Waals surface area contributed by atoms with Crippen LogP contribution in [-0.2, 0) is 22.5 Å². The molecular formula is C16H19N3O3. The van der Waals surface area contributed by atoms with Gasteiger partial charge in [0.2, 0.25) is 11.8 Å². The first kappa shape index (κ1) is 14.7. The van der Waals surface area contributed by atoms with Crippen LogP contribution in [0.3, 0.4) is 0 Å². The van der Waals surface area contributed by atoms with E-state index in [0.29, 0.717) is 37.2 Å². The van der Waals surface area contributed by atoms with Crippen molar-refractivity contribution < 1.29 is 14.1 Å². The number of ether oxygens (including phenoxy) is 1. The summed E-state index contributed by atoms with van der Waals surface area (Å²) in [6, 6.07) is 10.1. The molecule has 0 unspecified atom stereocenters. The molecule has 1 aromatic carbocycles. The van der Waals surface area contributed by atoms with Crippen molar-refractivity contribution in [2.45, 2.75) is 25.3 Å². The molecule has 1 aliphatic rings. The number of methoxy groups -OCH3 is 1. The highest BCUT2D eigenvalue weighted by atomic mass is 16.5. The molecular weight excluding hydrogens is 282 g/mol. The lowest BCUT2D eigenvalue weighted by molar-refractivity contribution is -0.122. The predicted octanol–water partition coefficient (Wildman–Crippen LogP) is 1.68. The first-order valence-corrected chi connectivity index (χ1v) is 7.41. The molecule has 1 saturated carbocycles. The first-order valence-electron chi connectivity index (χ1n) is 7.41. The molecule has 0 bridgehead atoms. The number of amides is 1. The molecule has 1 fully saturated rings. The second-order valence-corrected chi connectivity index (χ2v) is 5.42. The van der Waals surface area contributed by atoms with Crippen molar-refractivity contribution in [3.8, 4) is 0 Å². The zero-order valence-electron chi connectivity index (χ0n) is 12.5. The maximum absolute atomic E-state index is 12.1. The van der Waals surface area contributed by atoms with Gasteiger partial charge >= 0.3 is 0 Å². The van der Waals surface area contributed by atoms with Gasteiger partial charge in [-0.3, -0.25) is 4.79 Å². The highest BCUT2D eigenvalue weighted by Crippen LogP contribution is 2.47. The normalized spacial score (nSPS) is 19.9. The largest absolute Gasteiger partial charge is 0.384 e. The zero-order valence-corrected chi connectivity index (χ0v) is 12.5. The van der Waals surface area contributed by atoms with Crippen LogP contribution < -0.4 is 5.32 Å². The summed E-state index contributed by atoms with van der Waals surface area (Å²) < 4.78 is 10.0. The van der Waals surface area contributed by atoms with E-state index >= 15 is 0 Å². The highest BCUT2D eigenvalue weighted by Gasteiger charge is 2.43. The quantitative estimate of drug-likeness (QED) is 0.842. The molecule has 1 aromatic heterocycles. The molecule has 0 spiro atoms. The molecule has 1 amide bonds. The zero-order chi connectivity index (χ0) is 15.4. The third-order valence-electron chi connectivity index (χ3n) is 3.81. The van der Waals surface area contributed by atoms with Gasteiger partial charge in [0.25, 0.3) is 0 Å². The summed E-state index contributed by atoms with van der Waals surface area (Å²) in [7, 11) is 1.62. The molecule has 6 heteroatoms. The minimum absolute atomic E-state index is 0.0529. The number of nitrogens with one attached hydrogen (secondary N) is 1. The summed E-state index contributed by atoms with van der Waals surface area (Å²) in [6.07, 6.45) is 1.48. The van der Waals surface area contributed by atoms with Crippen molar-refractivity contribution in [3.63, 3.8) is 0 Å². The van der Waals surface area contributed by atoms with E-state index in [-0.39, 0.29) is 11.8 Å². The molecule has 116 valence electrons. The van der Waals surface area contributed by atoms with Crippen LogP contribution in [0.2, 0.25) is 0 Å². The average Bonchev–Trinajstić information content (AvgIpc) is 3.24. The highest BCUT2D eigenvalue weighted by molar-refractivity contribution is 5.82. The van der Waals surface area contributed by atoms with Crippen LogP contribution in [0.1, 0.15) is 29.6 Å². The summed E-state index contributed by atoms with van der Waals surface area (Å²) >= 11 is 0. The van der Waals surface area contributed by atoms with E-state index in [2.05, 4.69) is 27.6 Å². The molecule has 2 atom stereocenters. The van der Waals surface area contributed by atoms with Crippen LogP contribution >= 0.6 is 0 Å². The lowest BCUT2D eigenvalue weighted by atomic mass is 10.1. The minimum Gasteiger partial charge on any atom is -0.384 e. The van der Waals surface area contributed by atoms with E-state index in [4.69, 9.17) is 9.26 Å². The van der Waals surface area contributed by atoms with Gasteiger partial charge in [-0.05, 0) is 17.9 Å². The fraction of sp³-hybridized carbons (Fsp3) is 0.438. The van der Waals surface area contributed by atoms with Gasteiger partial charge in [-0.15, -0.1) is 0 Å². The van der Waals surface area contributed by atoms with Crippen LogP contribution in [0.15, 0.2) is 34.9 Å². The Labute approximate surface area is 128 Å². The molecule has 22 heavy (non-hydrogen) atoms. The number of carbonyl (C=O) groups excluding carboxylic acids is 1. The van der Waals surface area contributed by atoms with Gasteiger partial charge in [-0.25, -0.2) is 0 Å². The Balaban J connectivity index is 1.46. The van der Waals surface area contributed by atoms with Crippen LogP contribution in [-0.4, -0.2) is 29.8 Å². The Morgan fingerprint density at radius 3 is 3.00 bits per heavy atom. The van der Waals surface area contributed by atoms with Gasteiger partial charge in [-0.1, -0.05) is 35.5 Å². The number of carbonyl (C=O) groups is 1. The lowest BCUT2D eigenvalue weighted by Crippen LogP contribution is -2.25. The number of aromatic nitrogens is 2. The predicted molar refractivity (Wildman–Crippen MR) is 79.0 cm³/mol. The second-order valence-electron chi connectivity index (χ2n) is 5.42. The number of hydrogen-bond donors (Lipinski definition) is 1. The third-order valence-corrected chi connectivity index (χ3v) is 3.81. The van der Waals surface area contributed by atoms with E-state index in [1.165, 1.54) is 5.56 Å². The van der Waals surface area contributed by atoms with Gasteiger partial charge in [0, 0.05) is 13.0 Å². The summed E-state index contributed by atoms with van der Waals surface area (Å²) in [5.74, 6) is 1.47. The van der Waals surface area contributed by atoms with E-state index in [1.54, 1.807) is 7.11 Å². The fourth-order valence-corrected chi connectivity index (χ4v) is 2.50. The van der Waals surface area contributed by atoms with Crippen LogP contribution in [0, 0.1) is 5.92 Å². The van der Waals surface area contributed by atoms with Crippen molar-refractivity contribution in [2.75, 3.05) is 13.7 Å². The number of hydrogen-bond acceptors (Lipinski definition) is 5. The molecule has 0 aliphatic heterocycles. The van der Waals surface area contributed by atoms with Crippen LogP contribution in [0.4, 0.5) is 0 Å². The maximum Gasteiger partial charge on any atom is 0.229 e. The first-order chi connectivity index (χ1) is 10.8. The van der Waals surface area contributed by atoms with E-state index < -0.39 is 0 Å². The van der Waals surface area contributed by atoms with Crippen molar-refractivity contribution in [3.05, 3.63) is 47.6 Å². The Kier molecular flexibility index (Phi) is 4.48. The SMILES string of the molecule is COCCc1nc(CNC(=O)[C@H]2C[C@@H]2c2ccccc2)no1. The van der Waals surface area contributed by atoms with Gasteiger partial charge in [0.05, 0.1) is 19.6 Å². The molecule has 0 radical (unpaired) electrons. The van der Waals surface area contributed by atoms with Gasteiger partial charge in [0.1, 0.15) is 0 Å². The lowest BCUT2D eigenvalue weighted by Gasteiger charge is -2.02. The summed E-state index contributed by atoms with van der Waals surface area (Å²) in [6.45, 7) is 0.835. The molecule has 6 nitrogen and oxygen atoms in total. The van der Waals surface area contributed by atoms with Crippen LogP contribution in [0.25, 0.3) is 0 Å². The molecule has 1 heterocycles. The molecule has 3 rings (SSSR count). The average molecular weight is 301 g/mol. The standard InChI is InChI=1S/C16H19N3O3/c1-21-8-7-15-18-14(19-22-15)10-17-16(20)13-9-12(13)11-5-3-2-4-6-11/h2-6,12-13H,7-10H2,1H3,(H,17,20)/t12-,13+/m1/s1. The number of rotatable bonds is 7. The second kappa shape index (κ2) is 6.70. The van der Waals surface area contributed by atoms with Crippen molar-refractivity contribution >= 4 is 5.91 Å².